The average molecular weight is 550 g/mol. The lowest BCUT2D eigenvalue weighted by molar-refractivity contribution is 0.116. The predicted octanol–water partition coefficient (Wildman–Crippen LogP) is 2.90. The third-order valence-corrected chi connectivity index (χ3v) is 6.15. The average Bonchev–Trinajstić information content (AvgIpc) is 3.41. The van der Waals surface area contributed by atoms with Crippen LogP contribution in [0.4, 0.5) is 0 Å². The van der Waals surface area contributed by atoms with Crippen LogP contribution in [0.1, 0.15) is 25.3 Å². The smallest absolute Gasteiger partial charge is 0.191 e. The maximum Gasteiger partial charge on any atom is 0.191 e. The summed E-state index contributed by atoms with van der Waals surface area (Å²) in [5.41, 5.74) is 1.63. The van der Waals surface area contributed by atoms with Crippen LogP contribution in [0.25, 0.3) is 0 Å². The summed E-state index contributed by atoms with van der Waals surface area (Å²) in [4.78, 5) is 9.78. The molecule has 0 bridgehead atoms. The number of piperazine rings is 1. The molecule has 0 aromatic heterocycles. The van der Waals surface area contributed by atoms with Gasteiger partial charge in [-0.25, -0.2) is 0 Å². The standard InChI is InChI=1S/C20H32BrN5.HI/c1-4-22-19(23-13-18-14-25(2)10-11-26(18)3)24-15-20(8-9-20)16-6-5-7-17(21)12-16;/h5-7,12,18H,4,8-11,13-15H2,1-3H3,(H2,22,23,24);1H. The molecule has 5 nitrogen and oxygen atoms in total. The Hall–Kier alpha value is -0.380. The third kappa shape index (κ3) is 6.30. The van der Waals surface area contributed by atoms with Crippen molar-refractivity contribution in [3.63, 3.8) is 0 Å². The van der Waals surface area contributed by atoms with E-state index < -0.39 is 0 Å². The van der Waals surface area contributed by atoms with E-state index in [9.17, 15) is 0 Å². The van der Waals surface area contributed by atoms with Gasteiger partial charge in [0.05, 0.1) is 6.54 Å². The van der Waals surface area contributed by atoms with Gasteiger partial charge < -0.3 is 15.5 Å². The molecule has 0 spiro atoms. The topological polar surface area (TPSA) is 42.9 Å². The summed E-state index contributed by atoms with van der Waals surface area (Å²) in [7, 11) is 4.42. The lowest BCUT2D eigenvalue weighted by Gasteiger charge is -2.38. The van der Waals surface area contributed by atoms with Crippen molar-refractivity contribution in [1.82, 2.24) is 20.4 Å². The molecule has 1 heterocycles. The van der Waals surface area contributed by atoms with E-state index in [2.05, 4.69) is 81.6 Å². The van der Waals surface area contributed by atoms with Gasteiger partial charge in [0.2, 0.25) is 0 Å². The van der Waals surface area contributed by atoms with Gasteiger partial charge in [-0.15, -0.1) is 24.0 Å². The van der Waals surface area contributed by atoms with Crippen LogP contribution in [0.5, 0.6) is 0 Å². The molecule has 27 heavy (non-hydrogen) atoms. The van der Waals surface area contributed by atoms with Crippen LogP contribution in [0, 0.1) is 0 Å². The van der Waals surface area contributed by atoms with Crippen molar-refractivity contribution in [2.75, 3.05) is 53.4 Å². The Morgan fingerprint density at radius 2 is 2.04 bits per heavy atom. The van der Waals surface area contributed by atoms with Crippen LogP contribution < -0.4 is 10.6 Å². The number of nitrogens with one attached hydrogen (secondary N) is 2. The molecule has 0 radical (unpaired) electrons. The second-order valence-electron chi connectivity index (χ2n) is 7.76. The fraction of sp³-hybridized carbons (Fsp3) is 0.650. The number of hydrogen-bond donors (Lipinski definition) is 2. The lowest BCUT2D eigenvalue weighted by atomic mass is 9.96. The van der Waals surface area contributed by atoms with Crippen LogP contribution in [-0.4, -0.2) is 75.2 Å². The Kier molecular flexibility index (Phi) is 8.83. The normalized spacial score (nSPS) is 22.8. The molecule has 2 N–H and O–H groups in total. The minimum absolute atomic E-state index is 0. The Balaban J connectivity index is 0.00000261. The van der Waals surface area contributed by atoms with Crippen molar-refractivity contribution in [3.8, 4) is 0 Å². The first-order valence-electron chi connectivity index (χ1n) is 9.69. The summed E-state index contributed by atoms with van der Waals surface area (Å²) in [6, 6.07) is 9.22. The van der Waals surface area contributed by atoms with E-state index in [0.29, 0.717) is 6.04 Å². The van der Waals surface area contributed by atoms with E-state index in [1.807, 2.05) is 0 Å². The molecule has 1 atom stereocenters. The molecule has 2 fully saturated rings. The van der Waals surface area contributed by atoms with E-state index in [1.165, 1.54) is 18.4 Å². The molecule has 1 saturated heterocycles. The Bertz CT molecular complexity index is 635. The summed E-state index contributed by atoms with van der Waals surface area (Å²) < 4.78 is 1.15. The van der Waals surface area contributed by atoms with Gasteiger partial charge in [-0.2, -0.15) is 0 Å². The second-order valence-corrected chi connectivity index (χ2v) is 8.68. The zero-order valence-electron chi connectivity index (χ0n) is 16.7. The molecule has 1 aromatic rings. The number of guanidine groups is 1. The molecule has 7 heteroatoms. The lowest BCUT2D eigenvalue weighted by Crippen LogP contribution is -2.55. The van der Waals surface area contributed by atoms with Gasteiger partial charge in [0.15, 0.2) is 5.96 Å². The van der Waals surface area contributed by atoms with E-state index in [1.54, 1.807) is 0 Å². The minimum atomic E-state index is 0. The number of halogens is 2. The number of rotatable bonds is 6. The van der Waals surface area contributed by atoms with Crippen molar-refractivity contribution in [2.24, 2.45) is 4.99 Å². The molecule has 1 aromatic carbocycles. The van der Waals surface area contributed by atoms with Gasteiger partial charge in [-0.1, -0.05) is 28.1 Å². The molecular formula is C20H33BrIN5. The monoisotopic (exact) mass is 549 g/mol. The first-order chi connectivity index (χ1) is 12.5. The van der Waals surface area contributed by atoms with Crippen LogP contribution in [0.3, 0.4) is 0 Å². The highest BCUT2D eigenvalue weighted by atomic mass is 127. The highest BCUT2D eigenvalue weighted by Gasteiger charge is 2.44. The quantitative estimate of drug-likeness (QED) is 0.325. The van der Waals surface area contributed by atoms with Gasteiger partial charge in [0, 0.05) is 48.7 Å². The van der Waals surface area contributed by atoms with Crippen molar-refractivity contribution in [1.29, 1.82) is 0 Å². The van der Waals surface area contributed by atoms with Crippen LogP contribution >= 0.6 is 39.9 Å². The van der Waals surface area contributed by atoms with Gasteiger partial charge >= 0.3 is 0 Å². The molecule has 1 saturated carbocycles. The predicted molar refractivity (Wildman–Crippen MR) is 128 cm³/mol. The zero-order valence-corrected chi connectivity index (χ0v) is 20.6. The van der Waals surface area contributed by atoms with Gasteiger partial charge in [0.1, 0.15) is 0 Å². The van der Waals surface area contributed by atoms with Crippen molar-refractivity contribution < 1.29 is 0 Å². The molecule has 152 valence electrons. The van der Waals surface area contributed by atoms with Gasteiger partial charge in [-0.05, 0) is 51.6 Å². The number of hydrogen-bond acceptors (Lipinski definition) is 3. The van der Waals surface area contributed by atoms with E-state index in [-0.39, 0.29) is 29.4 Å². The molecule has 1 aliphatic carbocycles. The highest BCUT2D eigenvalue weighted by Crippen LogP contribution is 2.48. The SMILES string of the molecule is CCNC(=NCC1(c2cccc(Br)c2)CC1)NCC1CN(C)CCN1C.I. The van der Waals surface area contributed by atoms with Crippen molar-refractivity contribution in [3.05, 3.63) is 34.3 Å². The number of aliphatic imine (C=N–C) groups is 1. The Morgan fingerprint density at radius 1 is 1.26 bits per heavy atom. The van der Waals surface area contributed by atoms with E-state index >= 15 is 0 Å². The largest absolute Gasteiger partial charge is 0.357 e. The van der Waals surface area contributed by atoms with Crippen molar-refractivity contribution >= 4 is 45.9 Å². The number of likely N-dealkylation sites (N-methyl/N-ethyl adjacent to an activating group) is 2. The van der Waals surface area contributed by atoms with Gasteiger partial charge in [0.25, 0.3) is 0 Å². The van der Waals surface area contributed by atoms with Crippen molar-refractivity contribution in [2.45, 2.75) is 31.2 Å². The summed E-state index contributed by atoms with van der Waals surface area (Å²) in [5.74, 6) is 0.940. The fourth-order valence-electron chi connectivity index (χ4n) is 3.62. The summed E-state index contributed by atoms with van der Waals surface area (Å²) in [5, 5.41) is 6.97. The summed E-state index contributed by atoms with van der Waals surface area (Å²) in [6.45, 7) is 8.16. The highest BCUT2D eigenvalue weighted by molar-refractivity contribution is 14.0. The maximum atomic E-state index is 4.93. The van der Waals surface area contributed by atoms with Gasteiger partial charge in [-0.3, -0.25) is 9.89 Å². The first-order valence-corrected chi connectivity index (χ1v) is 10.5. The van der Waals surface area contributed by atoms with Crippen LogP contribution in [-0.2, 0) is 5.41 Å². The third-order valence-electron chi connectivity index (χ3n) is 5.66. The number of nitrogens with zero attached hydrogens (tertiary/aromatic N) is 3. The minimum Gasteiger partial charge on any atom is -0.357 e. The van der Waals surface area contributed by atoms with E-state index in [0.717, 1.165) is 49.7 Å². The fourth-order valence-corrected chi connectivity index (χ4v) is 4.02. The van der Waals surface area contributed by atoms with E-state index in [4.69, 9.17) is 4.99 Å². The molecular weight excluding hydrogens is 517 g/mol. The summed E-state index contributed by atoms with van der Waals surface area (Å²) in [6.07, 6.45) is 2.45. The molecule has 2 aliphatic rings. The maximum absolute atomic E-state index is 4.93. The molecule has 3 rings (SSSR count). The molecule has 1 aliphatic heterocycles. The van der Waals surface area contributed by atoms with Crippen LogP contribution in [0.2, 0.25) is 0 Å². The first kappa shape index (κ1) is 22.9. The zero-order chi connectivity index (χ0) is 18.6. The Morgan fingerprint density at radius 3 is 2.70 bits per heavy atom. The second kappa shape index (κ2) is 10.4. The molecule has 1 unspecified atom stereocenters. The van der Waals surface area contributed by atoms with Crippen LogP contribution in [0.15, 0.2) is 33.7 Å². The molecule has 0 amide bonds. The number of benzene rings is 1. The Labute approximate surface area is 189 Å². The summed E-state index contributed by atoms with van der Waals surface area (Å²) >= 11 is 3.60.